The molecule has 0 spiro atoms. The molecule has 0 atom stereocenters. The Bertz CT molecular complexity index is 609. The molecule has 108 valence electrons. The van der Waals surface area contributed by atoms with Crippen LogP contribution >= 0.6 is 0 Å². The standard InChI is InChI=1S/C11H16FNO4S2/c1-13-19(16,17)8-2-7-18(14,15)9-10-3-5-11(12)6-4-10/h3-6,13H,2,7-9H2,1H3. The van der Waals surface area contributed by atoms with Gasteiger partial charge in [-0.25, -0.2) is 25.9 Å². The minimum atomic E-state index is -3.39. The van der Waals surface area contributed by atoms with Crippen LogP contribution in [-0.4, -0.2) is 35.4 Å². The van der Waals surface area contributed by atoms with Crippen molar-refractivity contribution in [3.05, 3.63) is 35.6 Å². The van der Waals surface area contributed by atoms with E-state index >= 15 is 0 Å². The maximum Gasteiger partial charge on any atom is 0.211 e. The maximum absolute atomic E-state index is 12.7. The van der Waals surface area contributed by atoms with Crippen LogP contribution in [0, 0.1) is 5.82 Å². The van der Waals surface area contributed by atoms with Crippen LogP contribution in [0.3, 0.4) is 0 Å². The van der Waals surface area contributed by atoms with Crippen molar-refractivity contribution in [2.24, 2.45) is 0 Å². The van der Waals surface area contributed by atoms with E-state index in [1.54, 1.807) is 0 Å². The molecule has 8 heteroatoms. The van der Waals surface area contributed by atoms with Gasteiger partial charge in [-0.3, -0.25) is 0 Å². The maximum atomic E-state index is 12.7. The van der Waals surface area contributed by atoms with Gasteiger partial charge in [-0.2, -0.15) is 0 Å². The van der Waals surface area contributed by atoms with Gasteiger partial charge < -0.3 is 0 Å². The smallest absolute Gasteiger partial charge is 0.211 e. The van der Waals surface area contributed by atoms with E-state index in [1.807, 2.05) is 0 Å². The highest BCUT2D eigenvalue weighted by atomic mass is 32.2. The van der Waals surface area contributed by atoms with Gasteiger partial charge in [-0.05, 0) is 31.2 Å². The summed E-state index contributed by atoms with van der Waals surface area (Å²) in [6.45, 7) is 0. The topological polar surface area (TPSA) is 80.3 Å². The van der Waals surface area contributed by atoms with Crippen molar-refractivity contribution in [1.29, 1.82) is 0 Å². The zero-order chi connectivity index (χ0) is 14.5. The minimum Gasteiger partial charge on any atom is -0.228 e. The van der Waals surface area contributed by atoms with Gasteiger partial charge in [-0.1, -0.05) is 12.1 Å². The molecule has 0 amide bonds. The molecular formula is C11H16FNO4S2. The van der Waals surface area contributed by atoms with Crippen LogP contribution in [0.4, 0.5) is 4.39 Å². The molecule has 5 nitrogen and oxygen atoms in total. The average Bonchev–Trinajstić information content (AvgIpc) is 2.31. The van der Waals surface area contributed by atoms with Crippen molar-refractivity contribution in [3.8, 4) is 0 Å². The first kappa shape index (κ1) is 16.1. The van der Waals surface area contributed by atoms with Crippen LogP contribution in [0.15, 0.2) is 24.3 Å². The van der Waals surface area contributed by atoms with Crippen molar-refractivity contribution in [1.82, 2.24) is 4.72 Å². The predicted octanol–water partition coefficient (Wildman–Crippen LogP) is 0.680. The number of sulfonamides is 1. The summed E-state index contributed by atoms with van der Waals surface area (Å²) in [7, 11) is -5.50. The van der Waals surface area contributed by atoms with Gasteiger partial charge >= 0.3 is 0 Å². The fourth-order valence-corrected chi connectivity index (χ4v) is 3.82. The summed E-state index contributed by atoms with van der Waals surface area (Å²) in [4.78, 5) is 0. The summed E-state index contributed by atoms with van der Waals surface area (Å²) < 4.78 is 60.6. The first-order valence-electron chi connectivity index (χ1n) is 5.60. The highest BCUT2D eigenvalue weighted by Crippen LogP contribution is 2.09. The minimum absolute atomic E-state index is 0.0344. The molecule has 0 aliphatic rings. The van der Waals surface area contributed by atoms with Crippen molar-refractivity contribution >= 4 is 19.9 Å². The van der Waals surface area contributed by atoms with E-state index in [9.17, 15) is 21.2 Å². The second kappa shape index (κ2) is 6.44. The van der Waals surface area contributed by atoms with E-state index < -0.39 is 25.7 Å². The Labute approximate surface area is 112 Å². The Morgan fingerprint density at radius 2 is 1.63 bits per heavy atom. The molecule has 1 aromatic rings. The highest BCUT2D eigenvalue weighted by molar-refractivity contribution is 7.91. The zero-order valence-electron chi connectivity index (χ0n) is 10.5. The third kappa shape index (κ3) is 6.13. The van der Waals surface area contributed by atoms with Gasteiger partial charge in [0.25, 0.3) is 0 Å². The lowest BCUT2D eigenvalue weighted by atomic mass is 10.2. The molecule has 19 heavy (non-hydrogen) atoms. The zero-order valence-corrected chi connectivity index (χ0v) is 12.1. The van der Waals surface area contributed by atoms with E-state index in [-0.39, 0.29) is 23.7 Å². The van der Waals surface area contributed by atoms with Crippen LogP contribution in [0.1, 0.15) is 12.0 Å². The third-order valence-corrected chi connectivity index (χ3v) is 5.61. The number of rotatable bonds is 7. The van der Waals surface area contributed by atoms with Crippen LogP contribution in [0.25, 0.3) is 0 Å². The molecule has 0 aliphatic carbocycles. The fraction of sp³-hybridized carbons (Fsp3) is 0.455. The summed E-state index contributed by atoms with van der Waals surface area (Å²) in [5.41, 5.74) is 0.484. The van der Waals surface area contributed by atoms with Gasteiger partial charge in [-0.15, -0.1) is 0 Å². The van der Waals surface area contributed by atoms with Crippen molar-refractivity contribution in [2.45, 2.75) is 12.2 Å². The number of hydrogen-bond acceptors (Lipinski definition) is 4. The van der Waals surface area contributed by atoms with Gasteiger partial charge in [0.15, 0.2) is 9.84 Å². The molecule has 1 N–H and O–H groups in total. The summed E-state index contributed by atoms with van der Waals surface area (Å²) in [6, 6.07) is 5.18. The molecule has 0 aromatic heterocycles. The monoisotopic (exact) mass is 309 g/mol. The van der Waals surface area contributed by atoms with Gasteiger partial charge in [0.1, 0.15) is 5.82 Å². The van der Waals surface area contributed by atoms with Crippen LogP contribution in [0.2, 0.25) is 0 Å². The van der Waals surface area contributed by atoms with Crippen LogP contribution < -0.4 is 4.72 Å². The third-order valence-electron chi connectivity index (χ3n) is 2.48. The first-order chi connectivity index (χ1) is 8.74. The summed E-state index contributed by atoms with van der Waals surface area (Å²) in [5, 5.41) is 0. The molecule has 0 saturated heterocycles. The average molecular weight is 309 g/mol. The van der Waals surface area contributed by atoms with E-state index in [4.69, 9.17) is 0 Å². The lowest BCUT2D eigenvalue weighted by Crippen LogP contribution is -2.23. The molecule has 0 radical (unpaired) electrons. The van der Waals surface area contributed by atoms with Crippen LogP contribution in [0.5, 0.6) is 0 Å². The molecule has 0 heterocycles. The Kier molecular flexibility index (Phi) is 5.45. The molecule has 0 fully saturated rings. The molecule has 1 aromatic carbocycles. The van der Waals surface area contributed by atoms with Crippen LogP contribution in [-0.2, 0) is 25.6 Å². The number of nitrogens with one attached hydrogen (secondary N) is 1. The Morgan fingerprint density at radius 3 is 2.16 bits per heavy atom. The summed E-state index contributed by atoms with van der Waals surface area (Å²) >= 11 is 0. The number of hydrogen-bond donors (Lipinski definition) is 1. The fourth-order valence-electron chi connectivity index (χ4n) is 1.48. The molecular weight excluding hydrogens is 293 g/mol. The first-order valence-corrected chi connectivity index (χ1v) is 9.07. The van der Waals surface area contributed by atoms with Gasteiger partial charge in [0.05, 0.1) is 17.3 Å². The largest absolute Gasteiger partial charge is 0.228 e. The second-order valence-corrected chi connectivity index (χ2v) is 8.33. The summed E-state index contributed by atoms with van der Waals surface area (Å²) in [6.07, 6.45) is 0.0344. The Hall–Kier alpha value is -0.990. The lowest BCUT2D eigenvalue weighted by molar-refractivity contribution is 0.584. The second-order valence-electron chi connectivity index (χ2n) is 4.10. The van der Waals surface area contributed by atoms with Crippen molar-refractivity contribution in [3.63, 3.8) is 0 Å². The van der Waals surface area contributed by atoms with Gasteiger partial charge in [0.2, 0.25) is 10.0 Å². The summed E-state index contributed by atoms with van der Waals surface area (Å²) in [5.74, 6) is -1.09. The SMILES string of the molecule is CNS(=O)(=O)CCCS(=O)(=O)Cc1ccc(F)cc1. The van der Waals surface area contributed by atoms with E-state index in [0.29, 0.717) is 5.56 Å². The number of benzene rings is 1. The highest BCUT2D eigenvalue weighted by Gasteiger charge is 2.14. The lowest BCUT2D eigenvalue weighted by Gasteiger charge is -2.05. The molecule has 0 aliphatic heterocycles. The molecule has 0 unspecified atom stereocenters. The Balaban J connectivity index is 2.55. The quantitative estimate of drug-likeness (QED) is 0.803. The van der Waals surface area contributed by atoms with Gasteiger partial charge in [0, 0.05) is 0 Å². The number of halogens is 1. The van der Waals surface area contributed by atoms with Crippen molar-refractivity contribution < 1.29 is 21.2 Å². The van der Waals surface area contributed by atoms with Crippen molar-refractivity contribution in [2.75, 3.05) is 18.6 Å². The Morgan fingerprint density at radius 1 is 1.05 bits per heavy atom. The van der Waals surface area contributed by atoms with E-state index in [0.717, 1.165) is 0 Å². The predicted molar refractivity (Wildman–Crippen MR) is 71.4 cm³/mol. The molecule has 1 rings (SSSR count). The number of sulfone groups is 1. The molecule has 0 saturated carbocycles. The normalized spacial score (nSPS) is 12.5. The molecule has 0 bridgehead atoms. The van der Waals surface area contributed by atoms with E-state index in [2.05, 4.69) is 4.72 Å². The van der Waals surface area contributed by atoms with E-state index in [1.165, 1.54) is 31.3 Å².